The van der Waals surface area contributed by atoms with Gasteiger partial charge in [0.25, 0.3) is 0 Å². The number of fused-ring (bicyclic) bond motifs is 1. The van der Waals surface area contributed by atoms with E-state index >= 15 is 0 Å². The van der Waals surface area contributed by atoms with Gasteiger partial charge in [0.1, 0.15) is 11.9 Å². The van der Waals surface area contributed by atoms with Crippen LogP contribution in [0.4, 0.5) is 0 Å². The van der Waals surface area contributed by atoms with Crippen LogP contribution in [0.2, 0.25) is 0 Å². The maximum atomic E-state index is 12.7. The topological polar surface area (TPSA) is 48.0 Å². The SMILES string of the molecule is CCOc1ccc(CCC(=O)N2CC[C@H](OC)[C@H]3OCC[C@@H]32)cc1. The summed E-state index contributed by atoms with van der Waals surface area (Å²) in [5, 5.41) is 0. The normalized spacial score (nSPS) is 26.2. The van der Waals surface area contributed by atoms with Crippen LogP contribution in [0.1, 0.15) is 31.7 Å². The highest BCUT2D eigenvalue weighted by Crippen LogP contribution is 2.30. The van der Waals surface area contributed by atoms with Crippen molar-refractivity contribution < 1.29 is 19.0 Å². The van der Waals surface area contributed by atoms with Crippen molar-refractivity contribution >= 4 is 5.91 Å². The zero-order valence-corrected chi connectivity index (χ0v) is 14.6. The van der Waals surface area contributed by atoms with Crippen molar-refractivity contribution in [3.05, 3.63) is 29.8 Å². The molecule has 3 rings (SSSR count). The summed E-state index contributed by atoms with van der Waals surface area (Å²) in [6, 6.07) is 8.19. The monoisotopic (exact) mass is 333 g/mol. The molecule has 0 saturated carbocycles. The third kappa shape index (κ3) is 3.73. The minimum absolute atomic E-state index is 0.0400. The summed E-state index contributed by atoms with van der Waals surface area (Å²) >= 11 is 0. The van der Waals surface area contributed by atoms with Crippen LogP contribution in [0.25, 0.3) is 0 Å². The highest BCUT2D eigenvalue weighted by molar-refractivity contribution is 5.77. The van der Waals surface area contributed by atoms with Gasteiger partial charge in [0.05, 0.1) is 18.8 Å². The second-order valence-corrected chi connectivity index (χ2v) is 6.42. The number of rotatable bonds is 6. The minimum atomic E-state index is 0.0400. The van der Waals surface area contributed by atoms with Crippen LogP contribution in [-0.4, -0.2) is 55.9 Å². The standard InChI is InChI=1S/C19H27NO4/c1-3-23-15-7-4-14(5-8-15)6-9-18(21)20-12-10-17(22-2)19-16(20)11-13-24-19/h4-5,7-8,16-17,19H,3,6,9-13H2,1-2H3/t16-,17-,19-/m0/s1. The Labute approximate surface area is 143 Å². The molecule has 1 aromatic carbocycles. The van der Waals surface area contributed by atoms with Gasteiger partial charge in [-0.05, 0) is 43.9 Å². The maximum absolute atomic E-state index is 12.7. The predicted molar refractivity (Wildman–Crippen MR) is 91.2 cm³/mol. The highest BCUT2D eigenvalue weighted by atomic mass is 16.5. The number of nitrogens with zero attached hydrogens (tertiary/aromatic N) is 1. The first-order valence-corrected chi connectivity index (χ1v) is 8.88. The smallest absolute Gasteiger partial charge is 0.223 e. The van der Waals surface area contributed by atoms with E-state index in [1.807, 2.05) is 36.1 Å². The van der Waals surface area contributed by atoms with Crippen LogP contribution in [0.5, 0.6) is 5.75 Å². The third-order valence-corrected chi connectivity index (χ3v) is 5.01. The summed E-state index contributed by atoms with van der Waals surface area (Å²) in [5.41, 5.74) is 1.16. The van der Waals surface area contributed by atoms with Crippen LogP contribution in [-0.2, 0) is 20.7 Å². The molecule has 1 aromatic rings. The van der Waals surface area contributed by atoms with E-state index < -0.39 is 0 Å². The number of piperidine rings is 1. The van der Waals surface area contributed by atoms with Crippen molar-refractivity contribution in [2.45, 2.75) is 50.9 Å². The van der Waals surface area contributed by atoms with E-state index in [1.54, 1.807) is 7.11 Å². The molecule has 3 atom stereocenters. The Bertz CT molecular complexity index is 545. The Morgan fingerprint density at radius 2 is 2.08 bits per heavy atom. The largest absolute Gasteiger partial charge is 0.494 e. The molecular weight excluding hydrogens is 306 g/mol. The van der Waals surface area contributed by atoms with Gasteiger partial charge in [-0.25, -0.2) is 0 Å². The number of benzene rings is 1. The summed E-state index contributed by atoms with van der Waals surface area (Å²) in [5.74, 6) is 1.10. The van der Waals surface area contributed by atoms with Crippen molar-refractivity contribution in [1.82, 2.24) is 4.90 Å². The lowest BCUT2D eigenvalue weighted by molar-refractivity contribution is -0.143. The van der Waals surface area contributed by atoms with E-state index in [1.165, 1.54) is 0 Å². The highest BCUT2D eigenvalue weighted by Gasteiger charge is 2.43. The molecule has 0 aromatic heterocycles. The third-order valence-electron chi connectivity index (χ3n) is 5.01. The molecule has 2 fully saturated rings. The van der Waals surface area contributed by atoms with Crippen molar-refractivity contribution in [3.8, 4) is 5.75 Å². The number of amides is 1. The molecule has 24 heavy (non-hydrogen) atoms. The molecule has 0 bridgehead atoms. The number of hydrogen-bond donors (Lipinski definition) is 0. The zero-order chi connectivity index (χ0) is 16.9. The lowest BCUT2D eigenvalue weighted by Gasteiger charge is -2.40. The van der Waals surface area contributed by atoms with Crippen molar-refractivity contribution in [2.75, 3.05) is 26.9 Å². The van der Waals surface area contributed by atoms with E-state index in [2.05, 4.69) is 0 Å². The first-order chi connectivity index (χ1) is 11.7. The molecule has 0 radical (unpaired) electrons. The fourth-order valence-corrected chi connectivity index (χ4v) is 3.76. The quantitative estimate of drug-likeness (QED) is 0.802. The molecule has 2 saturated heterocycles. The lowest BCUT2D eigenvalue weighted by atomic mass is 9.95. The van der Waals surface area contributed by atoms with Crippen LogP contribution in [0.3, 0.4) is 0 Å². The Balaban J connectivity index is 1.55. The minimum Gasteiger partial charge on any atom is -0.494 e. The average Bonchev–Trinajstić information content (AvgIpc) is 3.10. The summed E-state index contributed by atoms with van der Waals surface area (Å²) in [4.78, 5) is 14.7. The van der Waals surface area contributed by atoms with Gasteiger partial charge in [0.15, 0.2) is 0 Å². The fourth-order valence-electron chi connectivity index (χ4n) is 3.76. The maximum Gasteiger partial charge on any atom is 0.223 e. The van der Waals surface area contributed by atoms with E-state index in [4.69, 9.17) is 14.2 Å². The van der Waals surface area contributed by atoms with E-state index in [0.29, 0.717) is 13.0 Å². The van der Waals surface area contributed by atoms with Crippen molar-refractivity contribution in [3.63, 3.8) is 0 Å². The first-order valence-electron chi connectivity index (χ1n) is 8.88. The van der Waals surface area contributed by atoms with Crippen molar-refractivity contribution in [2.24, 2.45) is 0 Å². The summed E-state index contributed by atoms with van der Waals surface area (Å²) in [7, 11) is 1.73. The number of likely N-dealkylation sites (tertiary alicyclic amines) is 1. The van der Waals surface area contributed by atoms with Gasteiger partial charge in [0.2, 0.25) is 5.91 Å². The molecule has 2 aliphatic heterocycles. The number of methoxy groups -OCH3 is 1. The molecule has 132 valence electrons. The second kappa shape index (κ2) is 7.99. The molecule has 5 nitrogen and oxygen atoms in total. The van der Waals surface area contributed by atoms with Gasteiger partial charge >= 0.3 is 0 Å². The van der Waals surface area contributed by atoms with E-state index in [0.717, 1.165) is 43.7 Å². The Morgan fingerprint density at radius 3 is 2.79 bits per heavy atom. The van der Waals surface area contributed by atoms with Crippen LogP contribution < -0.4 is 4.74 Å². The Kier molecular flexibility index (Phi) is 5.74. The molecule has 2 aliphatic rings. The fraction of sp³-hybridized carbons (Fsp3) is 0.632. The molecule has 5 heteroatoms. The zero-order valence-electron chi connectivity index (χ0n) is 14.6. The number of carbonyl (C=O) groups is 1. The molecule has 0 spiro atoms. The molecule has 2 heterocycles. The molecule has 0 unspecified atom stereocenters. The van der Waals surface area contributed by atoms with Crippen LogP contribution >= 0.6 is 0 Å². The van der Waals surface area contributed by atoms with Gasteiger partial charge in [-0.15, -0.1) is 0 Å². The number of carbonyl (C=O) groups excluding carboxylic acids is 1. The molecular formula is C19H27NO4. The number of hydrogen-bond acceptors (Lipinski definition) is 4. The Hall–Kier alpha value is -1.59. The molecule has 0 N–H and O–H groups in total. The van der Waals surface area contributed by atoms with E-state index in [-0.39, 0.29) is 24.2 Å². The number of aryl methyl sites for hydroxylation is 1. The Morgan fingerprint density at radius 1 is 1.29 bits per heavy atom. The van der Waals surface area contributed by atoms with Gasteiger partial charge in [-0.3, -0.25) is 4.79 Å². The van der Waals surface area contributed by atoms with E-state index in [9.17, 15) is 4.79 Å². The van der Waals surface area contributed by atoms with Crippen molar-refractivity contribution in [1.29, 1.82) is 0 Å². The van der Waals surface area contributed by atoms with Gasteiger partial charge in [-0.2, -0.15) is 0 Å². The first kappa shape index (κ1) is 17.2. The summed E-state index contributed by atoms with van der Waals surface area (Å²) < 4.78 is 16.8. The van der Waals surface area contributed by atoms with Crippen LogP contribution in [0.15, 0.2) is 24.3 Å². The average molecular weight is 333 g/mol. The lowest BCUT2D eigenvalue weighted by Crippen LogP contribution is -2.55. The second-order valence-electron chi connectivity index (χ2n) is 6.42. The molecule has 0 aliphatic carbocycles. The number of ether oxygens (including phenoxy) is 3. The van der Waals surface area contributed by atoms with Crippen LogP contribution in [0, 0.1) is 0 Å². The van der Waals surface area contributed by atoms with Gasteiger partial charge in [0, 0.05) is 26.7 Å². The van der Waals surface area contributed by atoms with Gasteiger partial charge < -0.3 is 19.1 Å². The summed E-state index contributed by atoms with van der Waals surface area (Å²) in [6.07, 6.45) is 3.22. The van der Waals surface area contributed by atoms with Gasteiger partial charge in [-0.1, -0.05) is 12.1 Å². The predicted octanol–water partition coefficient (Wildman–Crippen LogP) is 2.42. The summed E-state index contributed by atoms with van der Waals surface area (Å²) in [6.45, 7) is 4.13. The molecule has 1 amide bonds.